The SMILES string of the molecule is CC(C)(C)c1cc(C(C)(C)C)cc(C(C)(C)C)c1.CC(C)(C)c1ccc(-c2cc(-c3ccc(C(C)(C)C)cc3)cc(C(C)(C)C)c2)cc1.CC(C)(C)c1ccc(-c2cccc(C(C)(C)C)c2)cc1.CC(C)(C)c1ccc(C(C)(C)C)cc1.CC(C)(C)c1cccc(-c2cc(C(C)(C)C)cc(C(C)(C)C)c2)c1. The Bertz CT molecular complexity index is 4040. The average Bonchev–Trinajstić information content (AvgIpc) is 0.811. The van der Waals surface area contributed by atoms with Crippen molar-refractivity contribution in [1.82, 2.24) is 0 Å². The van der Waals surface area contributed by atoms with Crippen molar-refractivity contribution in [3.8, 4) is 44.5 Å². The third kappa shape index (κ3) is 26.7. The first-order chi connectivity index (χ1) is 47.7. The molecule has 574 valence electrons. The normalized spacial score (nSPS) is 13.0. The Morgan fingerprint density at radius 2 is 0.245 bits per heavy atom. The Hall–Kier alpha value is -7.02. The van der Waals surface area contributed by atoms with Crippen LogP contribution in [0.2, 0.25) is 0 Å². The molecule has 0 heterocycles. The van der Waals surface area contributed by atoms with Crippen molar-refractivity contribution in [1.29, 1.82) is 0 Å². The van der Waals surface area contributed by atoms with Gasteiger partial charge in [0, 0.05) is 0 Å². The summed E-state index contributed by atoms with van der Waals surface area (Å²) < 4.78 is 0. The Balaban J connectivity index is 0.000000243. The second-order valence-electron chi connectivity index (χ2n) is 44.1. The van der Waals surface area contributed by atoms with E-state index >= 15 is 0 Å². The Labute approximate surface area is 653 Å². The molecule has 0 saturated heterocycles. The minimum absolute atomic E-state index is 0.0987. The lowest BCUT2D eigenvalue weighted by Crippen LogP contribution is -2.20. The Kier molecular flexibility index (Phi) is 27.9. The van der Waals surface area contributed by atoms with E-state index < -0.39 is 0 Å². The molecule has 0 unspecified atom stereocenters. The third-order valence-electron chi connectivity index (χ3n) is 20.7. The monoisotopic (exact) mass is 1420 g/mol. The Morgan fingerprint density at radius 3 is 0.443 bits per heavy atom. The van der Waals surface area contributed by atoms with Crippen molar-refractivity contribution in [3.05, 3.63) is 273 Å². The lowest BCUT2D eigenvalue weighted by molar-refractivity contribution is 0.548. The standard InChI is InChI=1S/C30H38.C24H34.C20H26.C18H30.C14H22/c1-28(2,3)25-14-10-21(11-15-25)23-18-24(20-27(19-23)30(7,8)9)22-12-16-26(17-13-22)29(4,5)6;1-22(2,3)19-12-10-11-17(13-19)18-14-20(23(4,5)6)16-21(15-18)24(7,8)9;1-19(2,3)17-12-10-15(11-13-17)16-8-7-9-18(14-16)20(4,5)6;1-16(2,3)13-10-14(17(4,5)6)12-15(11-13)18(7,8)9;1-13(2,3)11-7-9-12(10-8-11)14(4,5)6/h10-20H,1-9H3;10-16H,1-9H3;7-14H,1-6H3;10-12H,1-9H3;7-10H,1-6H3. The molecule has 9 aromatic rings. The summed E-state index contributed by atoms with van der Waals surface area (Å²) in [6, 6.07) is 75.4. The third-order valence-corrected chi connectivity index (χ3v) is 20.7. The molecule has 0 amide bonds. The van der Waals surface area contributed by atoms with Crippen LogP contribution in [-0.2, 0) is 70.4 Å². The lowest BCUT2D eigenvalue weighted by atomic mass is 9.76. The molecule has 0 heteroatoms. The molecule has 0 nitrogen and oxygen atoms in total. The number of benzene rings is 9. The van der Waals surface area contributed by atoms with Crippen LogP contribution in [-0.4, -0.2) is 0 Å². The first-order valence-corrected chi connectivity index (χ1v) is 39.9. The van der Waals surface area contributed by atoms with E-state index in [1.54, 1.807) is 0 Å². The van der Waals surface area contributed by atoms with Crippen molar-refractivity contribution < 1.29 is 0 Å². The molecule has 0 spiro atoms. The number of hydrogen-bond donors (Lipinski definition) is 0. The summed E-state index contributed by atoms with van der Waals surface area (Å²) in [5.41, 5.74) is 31.1. The van der Waals surface area contributed by atoms with Gasteiger partial charge >= 0.3 is 0 Å². The fourth-order valence-corrected chi connectivity index (χ4v) is 12.3. The highest BCUT2D eigenvalue weighted by atomic mass is 14.3. The van der Waals surface area contributed by atoms with Crippen LogP contribution < -0.4 is 0 Å². The van der Waals surface area contributed by atoms with Gasteiger partial charge in [0.25, 0.3) is 0 Å². The van der Waals surface area contributed by atoms with E-state index in [2.05, 4.69) is 470 Å². The maximum Gasteiger partial charge on any atom is -0.0131 e. The highest BCUT2D eigenvalue weighted by Gasteiger charge is 2.27. The summed E-state index contributed by atoms with van der Waals surface area (Å²) in [6.07, 6.45) is 0. The smallest absolute Gasteiger partial charge is 0.0131 e. The van der Waals surface area contributed by atoms with Gasteiger partial charge in [-0.3, -0.25) is 0 Å². The van der Waals surface area contributed by atoms with Crippen LogP contribution in [0.5, 0.6) is 0 Å². The van der Waals surface area contributed by atoms with Gasteiger partial charge in [-0.15, -0.1) is 0 Å². The molecule has 9 aromatic carbocycles. The van der Waals surface area contributed by atoms with E-state index in [-0.39, 0.29) is 70.4 Å². The molecule has 0 aliphatic heterocycles. The van der Waals surface area contributed by atoms with Gasteiger partial charge in [-0.05, 0) is 193 Å². The van der Waals surface area contributed by atoms with Gasteiger partial charge in [-0.1, -0.05) is 464 Å². The number of hydrogen-bond acceptors (Lipinski definition) is 0. The van der Waals surface area contributed by atoms with E-state index in [4.69, 9.17) is 0 Å². The van der Waals surface area contributed by atoms with Crippen molar-refractivity contribution in [3.63, 3.8) is 0 Å². The first-order valence-electron chi connectivity index (χ1n) is 39.9. The fourth-order valence-electron chi connectivity index (χ4n) is 12.3. The molecule has 0 N–H and O–H groups in total. The van der Waals surface area contributed by atoms with Gasteiger partial charge in [-0.2, -0.15) is 0 Å². The van der Waals surface area contributed by atoms with E-state index in [9.17, 15) is 0 Å². The zero-order valence-corrected chi connectivity index (χ0v) is 75.1. The molecular weight excluding hydrogens is 1270 g/mol. The molecule has 0 fully saturated rings. The predicted octanol–water partition coefficient (Wildman–Crippen LogP) is 32.0. The predicted molar refractivity (Wildman–Crippen MR) is 477 cm³/mol. The highest BCUT2D eigenvalue weighted by molar-refractivity contribution is 5.75. The molecule has 0 atom stereocenters. The van der Waals surface area contributed by atoms with Crippen LogP contribution in [0.15, 0.2) is 200 Å². The molecule has 0 radical (unpaired) electrons. The maximum absolute atomic E-state index is 2.39. The minimum Gasteiger partial charge on any atom is -0.0614 e. The van der Waals surface area contributed by atoms with Crippen LogP contribution in [0.4, 0.5) is 0 Å². The quantitative estimate of drug-likeness (QED) is 0.165. The molecule has 0 bridgehead atoms. The van der Waals surface area contributed by atoms with Gasteiger partial charge in [0.05, 0.1) is 0 Å². The van der Waals surface area contributed by atoms with Crippen LogP contribution >= 0.6 is 0 Å². The van der Waals surface area contributed by atoms with Gasteiger partial charge in [0.2, 0.25) is 0 Å². The summed E-state index contributed by atoms with van der Waals surface area (Å²) in [5.74, 6) is 0. The average molecular weight is 1420 g/mol. The largest absolute Gasteiger partial charge is 0.0614 e. The minimum atomic E-state index is 0.0987. The van der Waals surface area contributed by atoms with Crippen LogP contribution in [0, 0.1) is 0 Å². The summed E-state index contributed by atoms with van der Waals surface area (Å²) in [6.45, 7) is 88.7. The summed E-state index contributed by atoms with van der Waals surface area (Å²) >= 11 is 0. The van der Waals surface area contributed by atoms with E-state index in [1.165, 1.54) is 117 Å². The summed E-state index contributed by atoms with van der Waals surface area (Å²) in [5, 5.41) is 0. The van der Waals surface area contributed by atoms with Crippen LogP contribution in [0.1, 0.15) is 342 Å². The van der Waals surface area contributed by atoms with E-state index in [1.807, 2.05) is 0 Å². The van der Waals surface area contributed by atoms with Crippen molar-refractivity contribution in [2.24, 2.45) is 0 Å². The van der Waals surface area contributed by atoms with Crippen LogP contribution in [0.3, 0.4) is 0 Å². The molecule has 0 aliphatic rings. The highest BCUT2D eigenvalue weighted by Crippen LogP contribution is 2.40. The molecular formula is C106H150. The van der Waals surface area contributed by atoms with Crippen molar-refractivity contribution in [2.45, 2.75) is 340 Å². The zero-order chi connectivity index (χ0) is 81.0. The second kappa shape index (κ2) is 33.1. The van der Waals surface area contributed by atoms with Crippen molar-refractivity contribution >= 4 is 0 Å². The molecule has 9 rings (SSSR count). The van der Waals surface area contributed by atoms with Gasteiger partial charge < -0.3 is 0 Å². The maximum atomic E-state index is 2.39. The Morgan fingerprint density at radius 1 is 0.104 bits per heavy atom. The fraction of sp³-hybridized carbons (Fsp3) is 0.491. The van der Waals surface area contributed by atoms with Gasteiger partial charge in [0.15, 0.2) is 0 Å². The second-order valence-corrected chi connectivity index (χ2v) is 44.1. The van der Waals surface area contributed by atoms with E-state index in [0.29, 0.717) is 0 Å². The number of rotatable bonds is 4. The molecule has 106 heavy (non-hydrogen) atoms. The van der Waals surface area contributed by atoms with Crippen LogP contribution in [0.25, 0.3) is 44.5 Å². The zero-order valence-electron chi connectivity index (χ0n) is 75.1. The lowest BCUT2D eigenvalue weighted by Gasteiger charge is -2.29. The van der Waals surface area contributed by atoms with Gasteiger partial charge in [0.1, 0.15) is 0 Å². The topological polar surface area (TPSA) is 0 Å². The molecule has 0 saturated carbocycles. The summed E-state index contributed by atoms with van der Waals surface area (Å²) in [7, 11) is 0. The molecule has 0 aliphatic carbocycles. The van der Waals surface area contributed by atoms with E-state index in [0.717, 1.165) is 0 Å². The first kappa shape index (κ1) is 89.6. The van der Waals surface area contributed by atoms with Crippen molar-refractivity contribution in [2.75, 3.05) is 0 Å². The molecule has 0 aromatic heterocycles. The van der Waals surface area contributed by atoms with Gasteiger partial charge in [-0.25, -0.2) is 0 Å². The summed E-state index contributed by atoms with van der Waals surface area (Å²) in [4.78, 5) is 0.